The number of hydrogen-bond acceptors (Lipinski definition) is 6. The molecule has 248 valence electrons. The number of Topliss-reactive ketones (excluding diaryl/α,β-unsaturated/α-hetero) is 2. The van der Waals surface area contributed by atoms with E-state index in [9.17, 15) is 28.8 Å². The molecule has 0 radical (unpaired) electrons. The summed E-state index contributed by atoms with van der Waals surface area (Å²) >= 11 is 0. The molecule has 1 aliphatic carbocycles. The number of nitrogens with one attached hydrogen (secondary N) is 4. The molecule has 0 aromatic rings. The van der Waals surface area contributed by atoms with Crippen LogP contribution in [0.1, 0.15) is 89.0 Å². The van der Waals surface area contributed by atoms with Gasteiger partial charge in [-0.15, -0.1) is 6.58 Å². The molecule has 0 bridgehead atoms. The van der Waals surface area contributed by atoms with E-state index in [-0.39, 0.29) is 41.9 Å². The lowest BCUT2D eigenvalue weighted by Gasteiger charge is -2.38. The van der Waals surface area contributed by atoms with Crippen molar-refractivity contribution in [2.75, 3.05) is 13.1 Å². The van der Waals surface area contributed by atoms with Crippen LogP contribution in [0.4, 0.5) is 4.79 Å². The maximum Gasteiger partial charge on any atom is 0.316 e. The van der Waals surface area contributed by atoms with Gasteiger partial charge in [-0.25, -0.2) is 4.79 Å². The highest BCUT2D eigenvalue weighted by molar-refractivity contribution is 6.38. The Morgan fingerprint density at radius 1 is 0.977 bits per heavy atom. The van der Waals surface area contributed by atoms with Crippen LogP contribution >= 0.6 is 0 Å². The van der Waals surface area contributed by atoms with Crippen molar-refractivity contribution >= 4 is 35.3 Å². The lowest BCUT2D eigenvalue weighted by Crippen LogP contribution is -2.62. The van der Waals surface area contributed by atoms with Crippen molar-refractivity contribution in [3.05, 3.63) is 12.7 Å². The Bertz CT molecular complexity index is 1150. The number of amides is 5. The average molecular weight is 618 g/mol. The van der Waals surface area contributed by atoms with Gasteiger partial charge < -0.3 is 26.2 Å². The van der Waals surface area contributed by atoms with Crippen molar-refractivity contribution in [2.24, 2.45) is 34.0 Å². The van der Waals surface area contributed by atoms with Crippen LogP contribution in [0, 0.1) is 34.0 Å². The fourth-order valence-corrected chi connectivity index (χ4v) is 6.17. The first-order valence-electron chi connectivity index (χ1n) is 15.8. The Balaban J connectivity index is 2.33. The van der Waals surface area contributed by atoms with Gasteiger partial charge in [-0.05, 0) is 35.0 Å². The molecule has 2 rings (SSSR count). The van der Waals surface area contributed by atoms with E-state index < -0.39 is 64.5 Å². The van der Waals surface area contributed by atoms with E-state index in [1.165, 1.54) is 11.0 Å². The minimum Gasteiger partial charge on any atom is -0.346 e. The summed E-state index contributed by atoms with van der Waals surface area (Å²) in [6.45, 7) is 24.5. The number of carbonyl (C=O) groups excluding carboxylic acids is 6. The van der Waals surface area contributed by atoms with Crippen molar-refractivity contribution in [1.29, 1.82) is 0 Å². The number of nitrogens with zero attached hydrogens (tertiary/aromatic N) is 1. The number of carbonyl (C=O) groups is 6. The third kappa shape index (κ3) is 8.27. The maximum absolute atomic E-state index is 14.2. The highest BCUT2D eigenvalue weighted by Crippen LogP contribution is 2.65. The van der Waals surface area contributed by atoms with E-state index in [2.05, 4.69) is 27.8 Å². The topological polar surface area (TPSA) is 154 Å². The van der Waals surface area contributed by atoms with Crippen molar-refractivity contribution in [3.63, 3.8) is 0 Å². The molecule has 4 N–H and O–H groups in total. The van der Waals surface area contributed by atoms with Gasteiger partial charge in [0.15, 0.2) is 5.78 Å². The molecular formula is C33H55N5O6. The predicted octanol–water partition coefficient (Wildman–Crippen LogP) is 2.98. The van der Waals surface area contributed by atoms with E-state index in [1.54, 1.807) is 20.8 Å². The molecule has 2 fully saturated rings. The molecule has 1 saturated heterocycles. The average Bonchev–Trinajstić information content (AvgIpc) is 3.22. The van der Waals surface area contributed by atoms with Crippen molar-refractivity contribution < 1.29 is 28.8 Å². The fourth-order valence-electron chi connectivity index (χ4n) is 6.17. The molecular weight excluding hydrogens is 562 g/mol. The molecule has 1 aliphatic heterocycles. The van der Waals surface area contributed by atoms with Gasteiger partial charge in [0.1, 0.15) is 12.1 Å². The summed E-state index contributed by atoms with van der Waals surface area (Å²) < 4.78 is 0. The van der Waals surface area contributed by atoms with Crippen LogP contribution in [0.5, 0.6) is 0 Å². The molecule has 1 heterocycles. The fraction of sp³-hybridized carbons (Fsp3) is 0.758. The largest absolute Gasteiger partial charge is 0.346 e. The summed E-state index contributed by atoms with van der Waals surface area (Å²) in [4.78, 5) is 81.2. The zero-order valence-electron chi connectivity index (χ0n) is 28.6. The van der Waals surface area contributed by atoms with E-state index in [1.807, 2.05) is 55.4 Å². The van der Waals surface area contributed by atoms with Gasteiger partial charge in [0, 0.05) is 18.5 Å². The highest BCUT2D eigenvalue weighted by atomic mass is 16.2. The standard InChI is InChI=1S/C33H55N5O6/c1-13-15-20(24(39)28(42)34-16-14-2)35-27(41)23-21-19(33(21,11)12)17-38(23)29(43)25(31(5,6)7)37-30(44)36-22(18(3)4)26(40)32(8,9)10/h14,18-23,25H,2,13,15-17H2,1,3-12H3,(H,34,42)(H,35,41)(H2,36,37,44)/t19-,20?,21-,22-,23-,25+/m0/s1. The summed E-state index contributed by atoms with van der Waals surface area (Å²) in [5.74, 6) is -2.82. The monoisotopic (exact) mass is 617 g/mol. The van der Waals surface area contributed by atoms with Crippen molar-refractivity contribution in [2.45, 2.75) is 113 Å². The van der Waals surface area contributed by atoms with E-state index >= 15 is 0 Å². The molecule has 11 nitrogen and oxygen atoms in total. The second-order valence-corrected chi connectivity index (χ2v) is 15.4. The van der Waals surface area contributed by atoms with Crippen LogP contribution < -0.4 is 21.3 Å². The minimum absolute atomic E-state index is 0.0718. The Hall–Kier alpha value is -3.24. The van der Waals surface area contributed by atoms with Gasteiger partial charge in [-0.2, -0.15) is 0 Å². The highest BCUT2D eigenvalue weighted by Gasteiger charge is 2.70. The van der Waals surface area contributed by atoms with E-state index in [4.69, 9.17) is 0 Å². The van der Waals surface area contributed by atoms with Gasteiger partial charge in [0.25, 0.3) is 5.91 Å². The SMILES string of the molecule is C=CCNC(=O)C(=O)C(CCC)NC(=O)[C@@H]1[C@@H]2[C@H](CN1C(=O)[C@@H](NC(=O)N[C@H](C(=O)C(C)(C)C)C(C)C)C(C)(C)C)C2(C)C. The molecule has 0 spiro atoms. The molecule has 1 saturated carbocycles. The van der Waals surface area contributed by atoms with Crippen molar-refractivity contribution in [1.82, 2.24) is 26.2 Å². The third-order valence-electron chi connectivity index (χ3n) is 8.96. The van der Waals surface area contributed by atoms with E-state index in [0.717, 1.165) is 0 Å². The summed E-state index contributed by atoms with van der Waals surface area (Å²) in [5.41, 5.74) is -1.60. The number of hydrogen-bond donors (Lipinski definition) is 4. The first-order valence-corrected chi connectivity index (χ1v) is 15.8. The number of piperidine rings is 1. The van der Waals surface area contributed by atoms with Crippen LogP contribution in [-0.4, -0.2) is 77.5 Å². The molecule has 0 aromatic heterocycles. The summed E-state index contributed by atoms with van der Waals surface area (Å²) in [6, 6.07) is -4.30. The normalized spacial score (nSPS) is 22.6. The lowest BCUT2D eigenvalue weighted by atomic mass is 9.82. The maximum atomic E-state index is 14.2. The predicted molar refractivity (Wildman–Crippen MR) is 169 cm³/mol. The molecule has 2 aliphatic rings. The Kier molecular flexibility index (Phi) is 11.6. The van der Waals surface area contributed by atoms with Gasteiger partial charge >= 0.3 is 6.03 Å². The third-order valence-corrected chi connectivity index (χ3v) is 8.96. The van der Waals surface area contributed by atoms with Gasteiger partial charge in [0.05, 0.1) is 12.1 Å². The van der Waals surface area contributed by atoms with Crippen LogP contribution in [-0.2, 0) is 24.0 Å². The quantitative estimate of drug-likeness (QED) is 0.184. The Morgan fingerprint density at radius 3 is 2.05 bits per heavy atom. The zero-order valence-corrected chi connectivity index (χ0v) is 28.6. The minimum atomic E-state index is -1.04. The van der Waals surface area contributed by atoms with Crippen LogP contribution in [0.15, 0.2) is 12.7 Å². The second-order valence-electron chi connectivity index (χ2n) is 15.4. The molecule has 0 aromatic carbocycles. The van der Waals surface area contributed by atoms with Crippen LogP contribution in [0.2, 0.25) is 0 Å². The molecule has 1 unspecified atom stereocenters. The summed E-state index contributed by atoms with van der Waals surface area (Å²) in [7, 11) is 0. The number of likely N-dealkylation sites (tertiary alicyclic amines) is 1. The number of rotatable bonds is 13. The lowest BCUT2D eigenvalue weighted by molar-refractivity contribution is -0.145. The zero-order chi connectivity index (χ0) is 33.9. The van der Waals surface area contributed by atoms with Gasteiger partial charge in [-0.3, -0.25) is 24.0 Å². The molecule has 44 heavy (non-hydrogen) atoms. The first-order chi connectivity index (χ1) is 20.1. The Labute approximate surface area is 263 Å². The Morgan fingerprint density at radius 2 is 1.57 bits per heavy atom. The van der Waals surface area contributed by atoms with Crippen LogP contribution in [0.3, 0.4) is 0 Å². The molecule has 6 atom stereocenters. The van der Waals surface area contributed by atoms with Gasteiger partial charge in [0.2, 0.25) is 17.6 Å². The number of urea groups is 1. The molecule has 5 amide bonds. The smallest absolute Gasteiger partial charge is 0.316 e. The second kappa shape index (κ2) is 13.8. The summed E-state index contributed by atoms with van der Waals surface area (Å²) in [5, 5.41) is 10.8. The van der Waals surface area contributed by atoms with Crippen LogP contribution in [0.25, 0.3) is 0 Å². The molecule has 11 heteroatoms. The van der Waals surface area contributed by atoms with E-state index in [0.29, 0.717) is 13.0 Å². The van der Waals surface area contributed by atoms with Gasteiger partial charge in [-0.1, -0.05) is 88.7 Å². The number of fused-ring (bicyclic) bond motifs is 1. The van der Waals surface area contributed by atoms with Crippen molar-refractivity contribution in [3.8, 4) is 0 Å². The number of ketones is 2. The summed E-state index contributed by atoms with van der Waals surface area (Å²) in [6.07, 6.45) is 2.28. The first kappa shape index (κ1) is 36.9.